The van der Waals surface area contributed by atoms with Crippen molar-refractivity contribution in [2.75, 3.05) is 0 Å². The summed E-state index contributed by atoms with van der Waals surface area (Å²) in [7, 11) is -3.77. The smallest absolute Gasteiger partial charge is 0.185 e. The third-order valence-electron chi connectivity index (χ3n) is 1.31. The third-order valence-corrected chi connectivity index (χ3v) is 2.28. The lowest BCUT2D eigenvalue weighted by atomic mass is 10.2. The zero-order valence-corrected chi connectivity index (χ0v) is 6.88. The molecule has 0 heterocycles. The summed E-state index contributed by atoms with van der Waals surface area (Å²) in [6.45, 7) is 0. The fourth-order valence-electron chi connectivity index (χ4n) is 0.807. The summed E-state index contributed by atoms with van der Waals surface area (Å²) >= 11 is 0. The van der Waals surface area contributed by atoms with Crippen molar-refractivity contribution in [3.8, 4) is 6.07 Å². The second-order valence-corrected chi connectivity index (χ2v) is 3.68. The SMILES string of the molecule is [CH]S(=O)(=O)c1ccccc1C#N. The van der Waals surface area contributed by atoms with Gasteiger partial charge in [-0.15, -0.1) is 0 Å². The van der Waals surface area contributed by atoms with Crippen molar-refractivity contribution in [3.63, 3.8) is 0 Å². The summed E-state index contributed by atoms with van der Waals surface area (Å²) in [6, 6.07) is 7.54. The molecule has 0 unspecified atom stereocenters. The normalized spacial score (nSPS) is 10.7. The predicted octanol–water partition coefficient (Wildman–Crippen LogP) is 1.00. The van der Waals surface area contributed by atoms with Crippen LogP contribution in [0, 0.1) is 17.6 Å². The lowest BCUT2D eigenvalue weighted by Gasteiger charge is -1.97. The van der Waals surface area contributed by atoms with Gasteiger partial charge in [0.2, 0.25) is 0 Å². The highest BCUT2D eigenvalue weighted by Crippen LogP contribution is 2.14. The topological polar surface area (TPSA) is 57.9 Å². The molecule has 0 aliphatic heterocycles. The quantitative estimate of drug-likeness (QED) is 0.646. The number of rotatable bonds is 1. The maximum atomic E-state index is 10.8. The summed E-state index contributed by atoms with van der Waals surface area (Å²) in [5, 5.41) is 8.51. The third kappa shape index (κ3) is 1.63. The van der Waals surface area contributed by atoms with Crippen molar-refractivity contribution < 1.29 is 8.42 Å². The molecule has 0 amide bonds. The fraction of sp³-hybridized carbons (Fsp3) is 0. The largest absolute Gasteiger partial charge is 0.223 e. The van der Waals surface area contributed by atoms with Crippen LogP contribution in [0.2, 0.25) is 0 Å². The predicted molar refractivity (Wildman–Crippen MR) is 42.6 cm³/mol. The van der Waals surface area contributed by atoms with Gasteiger partial charge in [-0.1, -0.05) is 12.1 Å². The van der Waals surface area contributed by atoms with Crippen molar-refractivity contribution >= 4 is 9.84 Å². The summed E-state index contributed by atoms with van der Waals surface area (Å²) in [4.78, 5) is -0.132. The molecular weight excluding hydrogens is 174 g/mol. The van der Waals surface area contributed by atoms with Crippen LogP contribution >= 0.6 is 0 Å². The van der Waals surface area contributed by atoms with Crippen LogP contribution in [0.25, 0.3) is 0 Å². The molecule has 0 aliphatic rings. The maximum absolute atomic E-state index is 10.8. The molecule has 1 rings (SSSR count). The van der Waals surface area contributed by atoms with Gasteiger partial charge in [-0.2, -0.15) is 5.26 Å². The van der Waals surface area contributed by atoms with Crippen LogP contribution in [-0.4, -0.2) is 8.42 Å². The molecule has 0 saturated carbocycles. The summed E-state index contributed by atoms with van der Waals surface area (Å²) < 4.78 is 21.7. The highest BCUT2D eigenvalue weighted by molar-refractivity contribution is 7.92. The number of sulfone groups is 1. The Morgan fingerprint density at radius 2 is 1.92 bits per heavy atom. The van der Waals surface area contributed by atoms with E-state index in [1.807, 2.05) is 0 Å². The van der Waals surface area contributed by atoms with Gasteiger partial charge in [0, 0.05) is 0 Å². The van der Waals surface area contributed by atoms with E-state index in [1.165, 1.54) is 18.2 Å². The first-order chi connectivity index (χ1) is 5.55. The van der Waals surface area contributed by atoms with Crippen LogP contribution in [0.4, 0.5) is 0 Å². The van der Waals surface area contributed by atoms with Gasteiger partial charge in [0.15, 0.2) is 9.84 Å². The number of hydrogen-bond donors (Lipinski definition) is 0. The Labute approximate surface area is 71.2 Å². The Morgan fingerprint density at radius 3 is 2.33 bits per heavy atom. The molecule has 2 radical (unpaired) electrons. The molecule has 0 bridgehead atoms. The van der Waals surface area contributed by atoms with Crippen LogP contribution in [-0.2, 0) is 9.84 Å². The standard InChI is InChI=1S/C8H5NO2S/c1-12(10,11)8-5-3-2-4-7(8)6-9/h1-5H. The van der Waals surface area contributed by atoms with Gasteiger partial charge in [-0.25, -0.2) is 8.42 Å². The lowest BCUT2D eigenvalue weighted by molar-refractivity contribution is 0.604. The van der Waals surface area contributed by atoms with E-state index in [0.29, 0.717) is 0 Å². The fourth-order valence-corrected chi connectivity index (χ4v) is 1.50. The molecule has 3 nitrogen and oxygen atoms in total. The van der Waals surface area contributed by atoms with Crippen molar-refractivity contribution in [2.24, 2.45) is 0 Å². The van der Waals surface area contributed by atoms with E-state index in [2.05, 4.69) is 0 Å². The molecule has 0 aromatic heterocycles. The minimum atomic E-state index is -3.77. The number of nitrogens with zero attached hydrogens (tertiary/aromatic N) is 1. The van der Waals surface area contributed by atoms with E-state index in [1.54, 1.807) is 12.1 Å². The molecule has 0 saturated heterocycles. The molecule has 60 valence electrons. The number of nitriles is 1. The molecule has 0 N–H and O–H groups in total. The molecule has 0 atom stereocenters. The van der Waals surface area contributed by atoms with Gasteiger partial charge in [0.05, 0.1) is 10.5 Å². The van der Waals surface area contributed by atoms with E-state index in [9.17, 15) is 8.42 Å². The van der Waals surface area contributed by atoms with E-state index >= 15 is 0 Å². The summed E-state index contributed by atoms with van der Waals surface area (Å²) in [5.74, 6) is 0. The lowest BCUT2D eigenvalue weighted by Crippen LogP contribution is -1.97. The van der Waals surface area contributed by atoms with Gasteiger partial charge >= 0.3 is 0 Å². The Bertz CT molecular complexity index is 429. The van der Waals surface area contributed by atoms with Crippen LogP contribution < -0.4 is 0 Å². The molecular formula is C8H5NO2S. The van der Waals surface area contributed by atoms with Crippen LogP contribution in [0.3, 0.4) is 0 Å². The van der Waals surface area contributed by atoms with Gasteiger partial charge in [0.1, 0.15) is 12.3 Å². The second kappa shape index (κ2) is 2.95. The average Bonchev–Trinajstić information content (AvgIpc) is 2.03. The van der Waals surface area contributed by atoms with E-state index in [4.69, 9.17) is 11.5 Å². The Morgan fingerprint density at radius 1 is 1.33 bits per heavy atom. The van der Waals surface area contributed by atoms with Crippen molar-refractivity contribution in [1.82, 2.24) is 0 Å². The highest BCUT2D eigenvalue weighted by atomic mass is 32.2. The first kappa shape index (κ1) is 8.75. The molecule has 1 aromatic rings. The van der Waals surface area contributed by atoms with E-state index in [-0.39, 0.29) is 10.5 Å². The van der Waals surface area contributed by atoms with Crippen LogP contribution in [0.1, 0.15) is 5.56 Å². The van der Waals surface area contributed by atoms with Gasteiger partial charge in [-0.05, 0) is 12.1 Å². The maximum Gasteiger partial charge on any atom is 0.185 e. The highest BCUT2D eigenvalue weighted by Gasteiger charge is 2.11. The molecule has 4 heteroatoms. The first-order valence-corrected chi connectivity index (χ1v) is 4.62. The van der Waals surface area contributed by atoms with Crippen molar-refractivity contribution in [1.29, 1.82) is 5.26 Å². The van der Waals surface area contributed by atoms with Crippen molar-refractivity contribution in [2.45, 2.75) is 4.90 Å². The molecule has 12 heavy (non-hydrogen) atoms. The first-order valence-electron chi connectivity index (χ1n) is 3.07. The molecule has 0 aliphatic carbocycles. The minimum absolute atomic E-state index is 0.0694. The van der Waals surface area contributed by atoms with Gasteiger partial charge in [-0.3, -0.25) is 0 Å². The Hall–Kier alpha value is -1.34. The molecule has 1 aromatic carbocycles. The van der Waals surface area contributed by atoms with Crippen LogP contribution in [0.5, 0.6) is 0 Å². The monoisotopic (exact) mass is 179 g/mol. The van der Waals surface area contributed by atoms with Gasteiger partial charge in [0.25, 0.3) is 0 Å². The Kier molecular flexibility index (Phi) is 2.15. The van der Waals surface area contributed by atoms with Crippen LogP contribution in [0.15, 0.2) is 29.2 Å². The average molecular weight is 179 g/mol. The zero-order chi connectivity index (χ0) is 9.19. The van der Waals surface area contributed by atoms with E-state index < -0.39 is 9.84 Å². The minimum Gasteiger partial charge on any atom is -0.223 e. The van der Waals surface area contributed by atoms with E-state index in [0.717, 1.165) is 0 Å². The number of benzene rings is 1. The summed E-state index contributed by atoms with van der Waals surface area (Å²) in [5.41, 5.74) is 0.0694. The molecule has 0 spiro atoms. The second-order valence-electron chi connectivity index (χ2n) is 2.15. The van der Waals surface area contributed by atoms with Gasteiger partial charge < -0.3 is 0 Å². The summed E-state index contributed by atoms with van der Waals surface area (Å²) in [6.07, 6.45) is 4.85. The zero-order valence-electron chi connectivity index (χ0n) is 6.06. The number of hydrogen-bond acceptors (Lipinski definition) is 3. The molecule has 0 fully saturated rings. The van der Waals surface area contributed by atoms with Crippen molar-refractivity contribution in [3.05, 3.63) is 36.1 Å². The Balaban J connectivity index is 3.47.